The first-order valence-electron chi connectivity index (χ1n) is 6.14. The van der Waals surface area contributed by atoms with E-state index in [0.717, 1.165) is 29.1 Å². The van der Waals surface area contributed by atoms with E-state index < -0.39 is 0 Å². The smallest absolute Gasteiger partial charge is 0.135 e. The van der Waals surface area contributed by atoms with Crippen LogP contribution in [-0.2, 0) is 0 Å². The normalized spacial score (nSPS) is 22.0. The number of aliphatic hydroxyl groups excluding tert-OH is 1. The maximum absolute atomic E-state index is 9.44. The van der Waals surface area contributed by atoms with Gasteiger partial charge in [-0.1, -0.05) is 0 Å². The summed E-state index contributed by atoms with van der Waals surface area (Å²) in [7, 11) is 0. The van der Waals surface area contributed by atoms with Gasteiger partial charge in [0.15, 0.2) is 0 Å². The van der Waals surface area contributed by atoms with Gasteiger partial charge in [0.25, 0.3) is 0 Å². The quantitative estimate of drug-likeness (QED) is 0.838. The summed E-state index contributed by atoms with van der Waals surface area (Å²) in [6.45, 7) is 0.174. The van der Waals surface area contributed by atoms with Gasteiger partial charge in [-0.2, -0.15) is 0 Å². The van der Waals surface area contributed by atoms with Crippen molar-refractivity contribution < 1.29 is 5.11 Å². The second kappa shape index (κ2) is 4.21. The molecule has 0 spiro atoms. The fourth-order valence-electron chi connectivity index (χ4n) is 2.22. The average molecular weight is 298 g/mol. The van der Waals surface area contributed by atoms with Crippen molar-refractivity contribution >= 4 is 21.7 Å². The Morgan fingerprint density at radius 2 is 2.18 bits per heavy atom. The van der Waals surface area contributed by atoms with Crippen molar-refractivity contribution in [2.24, 2.45) is 0 Å². The minimum atomic E-state index is -0.144. The molecule has 2 aliphatic rings. The molecule has 2 N–H and O–H groups in total. The molecule has 2 saturated carbocycles. The third-order valence-electron chi connectivity index (χ3n) is 3.66. The van der Waals surface area contributed by atoms with E-state index in [0.29, 0.717) is 5.92 Å². The van der Waals surface area contributed by atoms with E-state index in [4.69, 9.17) is 0 Å². The SMILES string of the molecule is OCC1(Nc2cc(Br)nc(C3CC3)n2)CCC1. The first-order chi connectivity index (χ1) is 8.21. The van der Waals surface area contributed by atoms with E-state index in [2.05, 4.69) is 31.2 Å². The molecule has 0 radical (unpaired) electrons. The van der Waals surface area contributed by atoms with E-state index in [-0.39, 0.29) is 12.1 Å². The molecule has 92 valence electrons. The summed E-state index contributed by atoms with van der Waals surface area (Å²) in [5, 5.41) is 12.8. The molecule has 0 aliphatic heterocycles. The molecule has 0 bridgehead atoms. The molecule has 5 heteroatoms. The van der Waals surface area contributed by atoms with Crippen LogP contribution in [0.1, 0.15) is 43.8 Å². The van der Waals surface area contributed by atoms with Crippen molar-refractivity contribution in [2.75, 3.05) is 11.9 Å². The Morgan fingerprint density at radius 3 is 2.71 bits per heavy atom. The molecule has 0 amide bonds. The molecule has 0 aromatic carbocycles. The number of hydrogen-bond acceptors (Lipinski definition) is 4. The highest BCUT2D eigenvalue weighted by Gasteiger charge is 2.37. The van der Waals surface area contributed by atoms with Gasteiger partial charge in [-0.15, -0.1) is 0 Å². The highest BCUT2D eigenvalue weighted by atomic mass is 79.9. The van der Waals surface area contributed by atoms with Crippen LogP contribution in [0.4, 0.5) is 5.82 Å². The third kappa shape index (κ3) is 2.31. The number of anilines is 1. The van der Waals surface area contributed by atoms with Gasteiger partial charge in [-0.3, -0.25) is 0 Å². The minimum Gasteiger partial charge on any atom is -0.394 e. The van der Waals surface area contributed by atoms with Crippen LogP contribution in [0.25, 0.3) is 0 Å². The summed E-state index contributed by atoms with van der Waals surface area (Å²) < 4.78 is 0.823. The standard InChI is InChI=1S/C12H16BrN3O/c13-9-6-10(15-11(14-9)8-2-3-8)16-12(7-17)4-1-5-12/h6,8,17H,1-5,7H2,(H,14,15,16). The fourth-order valence-corrected chi connectivity index (χ4v) is 2.62. The van der Waals surface area contributed by atoms with Crippen LogP contribution in [0, 0.1) is 0 Å². The number of aromatic nitrogens is 2. The van der Waals surface area contributed by atoms with Crippen LogP contribution in [0.5, 0.6) is 0 Å². The van der Waals surface area contributed by atoms with Gasteiger partial charge in [-0.25, -0.2) is 9.97 Å². The van der Waals surface area contributed by atoms with E-state index in [9.17, 15) is 5.11 Å². The Bertz CT molecular complexity index is 424. The molecule has 3 rings (SSSR count). The molecular weight excluding hydrogens is 282 g/mol. The summed E-state index contributed by atoms with van der Waals surface area (Å²) in [4.78, 5) is 8.95. The highest BCUT2D eigenvalue weighted by Crippen LogP contribution is 2.40. The van der Waals surface area contributed by atoms with Crippen molar-refractivity contribution in [3.05, 3.63) is 16.5 Å². The Morgan fingerprint density at radius 1 is 1.41 bits per heavy atom. The van der Waals surface area contributed by atoms with Gasteiger partial charge >= 0.3 is 0 Å². The molecule has 17 heavy (non-hydrogen) atoms. The minimum absolute atomic E-state index is 0.144. The molecule has 1 heterocycles. The summed E-state index contributed by atoms with van der Waals surface area (Å²) in [6.07, 6.45) is 5.60. The number of nitrogens with zero attached hydrogens (tertiary/aromatic N) is 2. The van der Waals surface area contributed by atoms with Gasteiger partial charge in [-0.05, 0) is 48.0 Å². The largest absolute Gasteiger partial charge is 0.394 e. The lowest BCUT2D eigenvalue weighted by atomic mass is 9.77. The zero-order valence-electron chi connectivity index (χ0n) is 9.62. The monoisotopic (exact) mass is 297 g/mol. The summed E-state index contributed by atoms with van der Waals surface area (Å²) in [5.74, 6) is 2.30. The zero-order chi connectivity index (χ0) is 11.9. The molecule has 2 aliphatic carbocycles. The second-order valence-electron chi connectivity index (χ2n) is 5.13. The van der Waals surface area contributed by atoms with Crippen molar-refractivity contribution in [2.45, 2.75) is 43.6 Å². The lowest BCUT2D eigenvalue weighted by Gasteiger charge is -2.41. The van der Waals surface area contributed by atoms with E-state index in [1.54, 1.807) is 0 Å². The Kier molecular flexibility index (Phi) is 2.83. The second-order valence-corrected chi connectivity index (χ2v) is 5.94. The van der Waals surface area contributed by atoms with Gasteiger partial charge < -0.3 is 10.4 Å². The van der Waals surface area contributed by atoms with Gasteiger partial charge in [0.2, 0.25) is 0 Å². The van der Waals surface area contributed by atoms with Crippen LogP contribution in [0.3, 0.4) is 0 Å². The Labute approximate surface area is 109 Å². The number of aliphatic hydroxyl groups is 1. The van der Waals surface area contributed by atoms with Crippen molar-refractivity contribution in [3.63, 3.8) is 0 Å². The predicted octanol–water partition coefficient (Wildman–Crippen LogP) is 2.44. The number of nitrogens with one attached hydrogen (secondary N) is 1. The first-order valence-corrected chi connectivity index (χ1v) is 6.94. The van der Waals surface area contributed by atoms with Crippen LogP contribution in [-0.4, -0.2) is 27.2 Å². The molecule has 2 fully saturated rings. The zero-order valence-corrected chi connectivity index (χ0v) is 11.2. The molecule has 4 nitrogen and oxygen atoms in total. The van der Waals surface area contributed by atoms with Crippen LogP contribution in [0.2, 0.25) is 0 Å². The van der Waals surface area contributed by atoms with E-state index in [1.807, 2.05) is 6.07 Å². The number of hydrogen-bond donors (Lipinski definition) is 2. The summed E-state index contributed by atoms with van der Waals surface area (Å²) in [5.41, 5.74) is -0.144. The van der Waals surface area contributed by atoms with E-state index >= 15 is 0 Å². The molecule has 0 unspecified atom stereocenters. The molecule has 1 aromatic rings. The average Bonchev–Trinajstić information content (AvgIpc) is 3.06. The summed E-state index contributed by atoms with van der Waals surface area (Å²) >= 11 is 3.42. The lowest BCUT2D eigenvalue weighted by Crippen LogP contribution is -2.48. The Balaban J connectivity index is 1.82. The number of rotatable bonds is 4. The van der Waals surface area contributed by atoms with Crippen LogP contribution >= 0.6 is 15.9 Å². The molecule has 0 atom stereocenters. The maximum atomic E-state index is 9.44. The van der Waals surface area contributed by atoms with Gasteiger partial charge in [0.05, 0.1) is 12.1 Å². The number of halogens is 1. The summed E-state index contributed by atoms with van der Waals surface area (Å²) in [6, 6.07) is 1.89. The van der Waals surface area contributed by atoms with E-state index in [1.165, 1.54) is 19.3 Å². The van der Waals surface area contributed by atoms with Crippen molar-refractivity contribution in [3.8, 4) is 0 Å². The van der Waals surface area contributed by atoms with Crippen LogP contribution in [0.15, 0.2) is 10.7 Å². The van der Waals surface area contributed by atoms with Crippen molar-refractivity contribution in [1.82, 2.24) is 9.97 Å². The highest BCUT2D eigenvalue weighted by molar-refractivity contribution is 9.10. The molecular formula is C12H16BrN3O. The van der Waals surface area contributed by atoms with Crippen LogP contribution < -0.4 is 5.32 Å². The first kappa shape index (κ1) is 11.4. The lowest BCUT2D eigenvalue weighted by molar-refractivity contribution is 0.144. The molecule has 0 saturated heterocycles. The van der Waals surface area contributed by atoms with Gasteiger partial charge in [0.1, 0.15) is 16.2 Å². The topological polar surface area (TPSA) is 58.0 Å². The molecule has 1 aromatic heterocycles. The third-order valence-corrected chi connectivity index (χ3v) is 4.07. The predicted molar refractivity (Wildman–Crippen MR) is 69.0 cm³/mol. The fraction of sp³-hybridized carbons (Fsp3) is 0.667. The van der Waals surface area contributed by atoms with Crippen molar-refractivity contribution in [1.29, 1.82) is 0 Å². The Hall–Kier alpha value is -0.680. The van der Waals surface area contributed by atoms with Gasteiger partial charge in [0, 0.05) is 12.0 Å². The maximum Gasteiger partial charge on any atom is 0.135 e.